The second-order valence-electron chi connectivity index (χ2n) is 3.55. The van der Waals surface area contributed by atoms with Gasteiger partial charge in [-0.25, -0.2) is 4.39 Å². The molecule has 0 fully saturated rings. The number of hydrogen-bond donors (Lipinski definition) is 1. The van der Waals surface area contributed by atoms with Crippen molar-refractivity contribution in [1.82, 2.24) is 0 Å². The van der Waals surface area contributed by atoms with Crippen molar-refractivity contribution in [2.45, 2.75) is 0 Å². The van der Waals surface area contributed by atoms with Crippen molar-refractivity contribution in [3.05, 3.63) is 46.7 Å². The third kappa shape index (κ3) is 2.56. The zero-order valence-corrected chi connectivity index (χ0v) is 11.2. The highest BCUT2D eigenvalue weighted by Crippen LogP contribution is 2.34. The fourth-order valence-electron chi connectivity index (χ4n) is 1.46. The Morgan fingerprint density at radius 2 is 1.89 bits per heavy atom. The lowest BCUT2D eigenvalue weighted by molar-refractivity contribution is 0.412. The summed E-state index contributed by atoms with van der Waals surface area (Å²) >= 11 is 3.08. The zero-order chi connectivity index (χ0) is 13.1. The van der Waals surface area contributed by atoms with Crippen LogP contribution in [0.4, 0.5) is 10.1 Å². The number of para-hydroxylation sites is 1. The minimum absolute atomic E-state index is 0.371. The Balaban J connectivity index is 2.31. The molecule has 5 heteroatoms. The van der Waals surface area contributed by atoms with Gasteiger partial charge in [0, 0.05) is 6.07 Å². The van der Waals surface area contributed by atoms with Gasteiger partial charge in [-0.2, -0.15) is 0 Å². The van der Waals surface area contributed by atoms with E-state index in [9.17, 15) is 4.39 Å². The van der Waals surface area contributed by atoms with Crippen LogP contribution in [0.5, 0.6) is 17.2 Å². The maximum atomic E-state index is 13.3. The predicted octanol–water partition coefficient (Wildman–Crippen LogP) is 3.97. The van der Waals surface area contributed by atoms with Crippen LogP contribution in [0.3, 0.4) is 0 Å². The molecule has 0 unspecified atom stereocenters. The molecule has 0 spiro atoms. The maximum Gasteiger partial charge on any atom is 0.154 e. The van der Waals surface area contributed by atoms with Crippen molar-refractivity contribution in [2.75, 3.05) is 12.8 Å². The van der Waals surface area contributed by atoms with Gasteiger partial charge in [0.15, 0.2) is 5.75 Å². The highest BCUT2D eigenvalue weighted by atomic mass is 79.9. The van der Waals surface area contributed by atoms with Gasteiger partial charge in [0.05, 0.1) is 11.6 Å². The number of rotatable bonds is 3. The lowest BCUT2D eigenvalue weighted by atomic mass is 10.2. The molecular formula is C13H11BrFNO2. The fourth-order valence-corrected chi connectivity index (χ4v) is 1.70. The van der Waals surface area contributed by atoms with Crippen LogP contribution in [-0.4, -0.2) is 7.11 Å². The Morgan fingerprint density at radius 1 is 1.17 bits per heavy atom. The zero-order valence-electron chi connectivity index (χ0n) is 9.61. The molecule has 18 heavy (non-hydrogen) atoms. The smallest absolute Gasteiger partial charge is 0.154 e. The van der Waals surface area contributed by atoms with Crippen LogP contribution in [0.1, 0.15) is 0 Å². The van der Waals surface area contributed by atoms with Crippen LogP contribution < -0.4 is 15.2 Å². The third-order valence-corrected chi connectivity index (χ3v) is 3.01. The van der Waals surface area contributed by atoms with Gasteiger partial charge in [0.25, 0.3) is 0 Å². The summed E-state index contributed by atoms with van der Waals surface area (Å²) in [5.41, 5.74) is 6.23. The van der Waals surface area contributed by atoms with Crippen molar-refractivity contribution in [3.8, 4) is 17.2 Å². The lowest BCUT2D eigenvalue weighted by Gasteiger charge is -2.11. The van der Waals surface area contributed by atoms with Crippen molar-refractivity contribution in [1.29, 1.82) is 0 Å². The van der Waals surface area contributed by atoms with E-state index >= 15 is 0 Å². The average Bonchev–Trinajstić information content (AvgIpc) is 2.36. The summed E-state index contributed by atoms with van der Waals surface area (Å²) in [6, 6.07) is 9.66. The number of benzene rings is 2. The molecule has 0 aliphatic carbocycles. The molecule has 2 N–H and O–H groups in total. The molecule has 2 aromatic carbocycles. The number of hydrogen-bond acceptors (Lipinski definition) is 3. The van der Waals surface area contributed by atoms with Crippen LogP contribution in [0.2, 0.25) is 0 Å². The molecule has 0 amide bonds. The Kier molecular flexibility index (Phi) is 3.72. The number of halogens is 2. The fraction of sp³-hybridized carbons (Fsp3) is 0.0769. The topological polar surface area (TPSA) is 44.5 Å². The number of nitrogen functional groups attached to an aromatic ring is 1. The van der Waals surface area contributed by atoms with E-state index in [-0.39, 0.29) is 0 Å². The Labute approximate surface area is 112 Å². The third-order valence-electron chi connectivity index (χ3n) is 2.36. The molecule has 2 aromatic rings. The van der Waals surface area contributed by atoms with Gasteiger partial charge in [-0.05, 0) is 40.2 Å². The normalized spacial score (nSPS) is 10.2. The van der Waals surface area contributed by atoms with Gasteiger partial charge in [0.1, 0.15) is 23.0 Å². The summed E-state index contributed by atoms with van der Waals surface area (Å²) in [4.78, 5) is 0. The first kappa shape index (κ1) is 12.7. The van der Waals surface area contributed by atoms with Gasteiger partial charge in [-0.1, -0.05) is 6.07 Å². The van der Waals surface area contributed by atoms with E-state index in [0.717, 1.165) is 0 Å². The molecule has 0 radical (unpaired) electrons. The Hall–Kier alpha value is -1.75. The van der Waals surface area contributed by atoms with Crippen molar-refractivity contribution in [3.63, 3.8) is 0 Å². The van der Waals surface area contributed by atoms with Crippen LogP contribution >= 0.6 is 15.9 Å². The molecule has 0 heterocycles. The standard InChI is InChI=1S/C13H11BrFNO2/c1-17-11-3-2-4-12(13(11)16)18-8-5-6-9(14)10(15)7-8/h2-7H,16H2,1H3. The number of ether oxygens (including phenoxy) is 2. The van der Waals surface area contributed by atoms with Crippen molar-refractivity contribution < 1.29 is 13.9 Å². The molecule has 0 aliphatic heterocycles. The molecular weight excluding hydrogens is 301 g/mol. The van der Waals surface area contributed by atoms with Gasteiger partial charge in [0.2, 0.25) is 0 Å². The summed E-state index contributed by atoms with van der Waals surface area (Å²) in [7, 11) is 1.52. The van der Waals surface area contributed by atoms with Gasteiger partial charge in [-0.3, -0.25) is 0 Å². The molecule has 0 aliphatic rings. The van der Waals surface area contributed by atoms with E-state index in [2.05, 4.69) is 15.9 Å². The Morgan fingerprint density at radius 3 is 2.56 bits per heavy atom. The molecule has 0 bridgehead atoms. The Bertz CT molecular complexity index is 575. The van der Waals surface area contributed by atoms with E-state index in [1.807, 2.05) is 0 Å². The molecule has 3 nitrogen and oxygen atoms in total. The first-order valence-electron chi connectivity index (χ1n) is 5.17. The van der Waals surface area contributed by atoms with Crippen LogP contribution in [0.15, 0.2) is 40.9 Å². The number of anilines is 1. The lowest BCUT2D eigenvalue weighted by Crippen LogP contribution is -1.96. The first-order chi connectivity index (χ1) is 8.61. The number of methoxy groups -OCH3 is 1. The van der Waals surface area contributed by atoms with Crippen LogP contribution in [0.25, 0.3) is 0 Å². The van der Waals surface area contributed by atoms with E-state index in [1.54, 1.807) is 30.3 Å². The summed E-state index contributed by atoms with van der Waals surface area (Å²) in [5.74, 6) is 0.922. The summed E-state index contributed by atoms with van der Waals surface area (Å²) in [5, 5.41) is 0. The van der Waals surface area contributed by atoms with E-state index in [1.165, 1.54) is 13.2 Å². The second-order valence-corrected chi connectivity index (χ2v) is 4.40. The quantitative estimate of drug-likeness (QED) is 0.872. The highest BCUT2D eigenvalue weighted by molar-refractivity contribution is 9.10. The van der Waals surface area contributed by atoms with E-state index < -0.39 is 5.82 Å². The van der Waals surface area contributed by atoms with Gasteiger partial charge >= 0.3 is 0 Å². The maximum absolute atomic E-state index is 13.3. The first-order valence-corrected chi connectivity index (χ1v) is 5.96. The monoisotopic (exact) mass is 311 g/mol. The largest absolute Gasteiger partial charge is 0.494 e. The summed E-state index contributed by atoms with van der Waals surface area (Å²) < 4.78 is 24.3. The second kappa shape index (κ2) is 5.27. The molecule has 2 rings (SSSR count). The van der Waals surface area contributed by atoms with Gasteiger partial charge < -0.3 is 15.2 Å². The SMILES string of the molecule is COc1cccc(Oc2ccc(Br)c(F)c2)c1N. The predicted molar refractivity (Wildman–Crippen MR) is 71.6 cm³/mol. The molecule has 0 saturated carbocycles. The van der Waals surface area contributed by atoms with Gasteiger partial charge in [-0.15, -0.1) is 0 Å². The number of nitrogens with two attached hydrogens (primary N) is 1. The van der Waals surface area contributed by atoms with Crippen molar-refractivity contribution >= 4 is 21.6 Å². The van der Waals surface area contributed by atoms with Crippen LogP contribution in [0, 0.1) is 5.82 Å². The van der Waals surface area contributed by atoms with Crippen LogP contribution in [-0.2, 0) is 0 Å². The molecule has 0 saturated heterocycles. The van der Waals surface area contributed by atoms with Crippen molar-refractivity contribution in [2.24, 2.45) is 0 Å². The molecule has 0 aromatic heterocycles. The van der Waals surface area contributed by atoms with E-state index in [4.69, 9.17) is 15.2 Å². The summed E-state index contributed by atoms with van der Waals surface area (Å²) in [6.45, 7) is 0. The molecule has 0 atom stereocenters. The minimum Gasteiger partial charge on any atom is -0.494 e. The highest BCUT2D eigenvalue weighted by Gasteiger charge is 2.08. The molecule has 94 valence electrons. The average molecular weight is 312 g/mol. The summed E-state index contributed by atoms with van der Waals surface area (Å²) in [6.07, 6.45) is 0. The van der Waals surface area contributed by atoms with E-state index in [0.29, 0.717) is 27.4 Å². The minimum atomic E-state index is -0.394.